The van der Waals surface area contributed by atoms with Crippen molar-refractivity contribution in [2.45, 2.75) is 32.7 Å². The number of hydrogen-bond acceptors (Lipinski definition) is 2. The van der Waals surface area contributed by atoms with Crippen molar-refractivity contribution in [3.8, 4) is 6.07 Å². The van der Waals surface area contributed by atoms with Crippen LogP contribution in [0.15, 0.2) is 18.2 Å². The summed E-state index contributed by atoms with van der Waals surface area (Å²) in [6, 6.07) is 6.53. The maximum absolute atomic E-state index is 13.1. The molecule has 0 aliphatic carbocycles. The lowest BCUT2D eigenvalue weighted by Gasteiger charge is -2.22. The summed E-state index contributed by atoms with van der Waals surface area (Å²) in [7, 11) is -1.81. The Labute approximate surface area is 96.8 Å². The van der Waals surface area contributed by atoms with Crippen LogP contribution in [0.4, 0.5) is 4.39 Å². The average Bonchev–Trinajstić information content (AvgIpc) is 2.17. The molecule has 0 aliphatic heterocycles. The van der Waals surface area contributed by atoms with Gasteiger partial charge in [-0.25, -0.2) is 4.39 Å². The topological polar surface area (TPSA) is 33.0 Å². The van der Waals surface area contributed by atoms with Crippen molar-refractivity contribution in [1.29, 1.82) is 5.26 Å². The second-order valence-electron chi connectivity index (χ2n) is 4.74. The van der Waals surface area contributed by atoms with E-state index in [1.807, 2.05) is 26.6 Å². The van der Waals surface area contributed by atoms with Gasteiger partial charge in [-0.1, -0.05) is 6.07 Å². The lowest BCUT2D eigenvalue weighted by Crippen LogP contribution is -2.27. The largest absolute Gasteiger partial charge is 0.399 e. The van der Waals surface area contributed by atoms with Crippen LogP contribution in [0.5, 0.6) is 0 Å². The van der Waals surface area contributed by atoms with Gasteiger partial charge >= 0.3 is 0 Å². The van der Waals surface area contributed by atoms with Gasteiger partial charge in [-0.15, -0.1) is 0 Å². The third kappa shape index (κ3) is 3.44. The summed E-state index contributed by atoms with van der Waals surface area (Å²) < 4.78 is 18.8. The van der Waals surface area contributed by atoms with Gasteiger partial charge in [-0.2, -0.15) is 5.26 Å². The van der Waals surface area contributed by atoms with Gasteiger partial charge in [-0.05, 0) is 49.8 Å². The molecule has 0 N–H and O–H groups in total. The van der Waals surface area contributed by atoms with Crippen molar-refractivity contribution in [3.63, 3.8) is 0 Å². The summed E-state index contributed by atoms with van der Waals surface area (Å²) in [5.41, 5.74) is 1.51. The molecule has 0 radical (unpaired) electrons. The Bertz CT molecular complexity index is 420. The van der Waals surface area contributed by atoms with Crippen molar-refractivity contribution in [2.75, 3.05) is 0 Å². The first-order valence-electron chi connectivity index (χ1n) is 5.17. The quantitative estimate of drug-likeness (QED) is 0.753. The molecule has 0 amide bonds. The zero-order chi connectivity index (χ0) is 12.3. The highest BCUT2D eigenvalue weighted by atomic mass is 28.4. The minimum Gasteiger partial charge on any atom is -0.399 e. The van der Waals surface area contributed by atoms with E-state index >= 15 is 0 Å². The molecule has 0 saturated carbocycles. The van der Waals surface area contributed by atoms with Crippen LogP contribution in [0.25, 0.3) is 0 Å². The van der Waals surface area contributed by atoms with Gasteiger partial charge < -0.3 is 4.43 Å². The molecule has 0 aliphatic rings. The molecule has 2 nitrogen and oxygen atoms in total. The minimum atomic E-state index is -1.81. The van der Waals surface area contributed by atoms with Gasteiger partial charge in [-0.3, -0.25) is 0 Å². The molecule has 1 atom stereocenters. The summed E-state index contributed by atoms with van der Waals surface area (Å²) in [6.45, 7) is 7.87. The number of rotatable bonds is 3. The Kier molecular flexibility index (Phi) is 3.84. The number of hydrogen-bond donors (Lipinski definition) is 0. The van der Waals surface area contributed by atoms with Crippen molar-refractivity contribution >= 4 is 8.32 Å². The molecule has 1 aromatic carbocycles. The van der Waals surface area contributed by atoms with Crippen LogP contribution >= 0.6 is 0 Å². The van der Waals surface area contributed by atoms with E-state index < -0.39 is 14.4 Å². The monoisotopic (exact) mass is 237 g/mol. The van der Waals surface area contributed by atoms with E-state index in [9.17, 15) is 4.39 Å². The van der Waals surface area contributed by atoms with Crippen LogP contribution in [0.1, 0.15) is 17.2 Å². The molecule has 0 heterocycles. The van der Waals surface area contributed by atoms with E-state index in [1.165, 1.54) is 12.1 Å². The average molecular weight is 237 g/mol. The molecule has 0 bridgehead atoms. The number of nitriles is 1. The number of benzene rings is 1. The maximum atomic E-state index is 13.1. The molecule has 86 valence electrons. The van der Waals surface area contributed by atoms with Crippen molar-refractivity contribution in [3.05, 3.63) is 35.1 Å². The third-order valence-electron chi connectivity index (χ3n) is 2.11. The molecule has 1 aromatic rings. The van der Waals surface area contributed by atoms with Gasteiger partial charge in [0.05, 0.1) is 6.07 Å². The van der Waals surface area contributed by atoms with Gasteiger partial charge in [0.15, 0.2) is 14.4 Å². The molecule has 4 heteroatoms. The van der Waals surface area contributed by atoms with Crippen molar-refractivity contribution < 1.29 is 8.82 Å². The fourth-order valence-electron chi connectivity index (χ4n) is 1.41. The SMILES string of the molecule is Cc1ccc(F)cc1C(C#N)O[Si](C)(C)C. The molecule has 0 saturated heterocycles. The van der Waals surface area contributed by atoms with Crippen LogP contribution in [0.3, 0.4) is 0 Å². The first kappa shape index (κ1) is 12.9. The zero-order valence-corrected chi connectivity index (χ0v) is 11.0. The smallest absolute Gasteiger partial charge is 0.186 e. The van der Waals surface area contributed by atoms with Gasteiger partial charge in [0.1, 0.15) is 5.82 Å². The second kappa shape index (κ2) is 4.77. The van der Waals surface area contributed by atoms with Gasteiger partial charge in [0, 0.05) is 0 Å². The third-order valence-corrected chi connectivity index (χ3v) is 3.06. The van der Waals surface area contributed by atoms with Crippen LogP contribution in [-0.2, 0) is 4.43 Å². The highest BCUT2D eigenvalue weighted by Gasteiger charge is 2.23. The molecule has 1 unspecified atom stereocenters. The Morgan fingerprint density at radius 2 is 2.00 bits per heavy atom. The van der Waals surface area contributed by atoms with E-state index in [2.05, 4.69) is 6.07 Å². The van der Waals surface area contributed by atoms with Crippen LogP contribution < -0.4 is 0 Å². The van der Waals surface area contributed by atoms with E-state index in [1.54, 1.807) is 6.07 Å². The van der Waals surface area contributed by atoms with E-state index in [4.69, 9.17) is 9.69 Å². The highest BCUT2D eigenvalue weighted by Crippen LogP contribution is 2.25. The predicted molar refractivity (Wildman–Crippen MR) is 63.9 cm³/mol. The number of aryl methyl sites for hydroxylation is 1. The molecule has 1 rings (SSSR count). The first-order chi connectivity index (χ1) is 7.33. The number of nitrogens with zero attached hydrogens (tertiary/aromatic N) is 1. The van der Waals surface area contributed by atoms with Crippen molar-refractivity contribution in [2.24, 2.45) is 0 Å². The summed E-state index contributed by atoms with van der Waals surface area (Å²) in [6.07, 6.45) is -0.664. The Morgan fingerprint density at radius 3 is 2.50 bits per heavy atom. The lowest BCUT2D eigenvalue weighted by molar-refractivity contribution is 0.253. The summed E-state index contributed by atoms with van der Waals surface area (Å²) >= 11 is 0. The Balaban J connectivity index is 3.05. The number of halogens is 1. The minimum absolute atomic E-state index is 0.333. The normalized spacial score (nSPS) is 13.2. The lowest BCUT2D eigenvalue weighted by atomic mass is 10.0. The molecule has 0 spiro atoms. The predicted octanol–water partition coefficient (Wildman–Crippen LogP) is 3.55. The second-order valence-corrected chi connectivity index (χ2v) is 9.20. The van der Waals surface area contributed by atoms with Crippen LogP contribution in [0.2, 0.25) is 19.6 Å². The molecular weight excluding hydrogens is 221 g/mol. The summed E-state index contributed by atoms with van der Waals surface area (Å²) in [4.78, 5) is 0. The van der Waals surface area contributed by atoms with E-state index in [-0.39, 0.29) is 5.82 Å². The maximum Gasteiger partial charge on any atom is 0.186 e. The summed E-state index contributed by atoms with van der Waals surface area (Å²) in [5.74, 6) is -0.333. The highest BCUT2D eigenvalue weighted by molar-refractivity contribution is 6.69. The molecule has 0 aromatic heterocycles. The molecular formula is C12H16FNOSi. The van der Waals surface area contributed by atoms with Gasteiger partial charge in [0.2, 0.25) is 0 Å². The van der Waals surface area contributed by atoms with E-state index in [0.29, 0.717) is 5.56 Å². The zero-order valence-electron chi connectivity index (χ0n) is 10.0. The van der Waals surface area contributed by atoms with E-state index in [0.717, 1.165) is 5.56 Å². The van der Waals surface area contributed by atoms with Crippen molar-refractivity contribution in [1.82, 2.24) is 0 Å². The molecule has 16 heavy (non-hydrogen) atoms. The van der Waals surface area contributed by atoms with Crippen LogP contribution in [0, 0.1) is 24.1 Å². The fraction of sp³-hybridized carbons (Fsp3) is 0.417. The summed E-state index contributed by atoms with van der Waals surface area (Å²) in [5, 5.41) is 9.08. The molecule has 0 fully saturated rings. The first-order valence-corrected chi connectivity index (χ1v) is 8.58. The van der Waals surface area contributed by atoms with Gasteiger partial charge in [0.25, 0.3) is 0 Å². The Hall–Kier alpha value is -1.18. The fourth-order valence-corrected chi connectivity index (χ4v) is 2.29. The van der Waals surface area contributed by atoms with Crippen LogP contribution in [-0.4, -0.2) is 8.32 Å². The standard InChI is InChI=1S/C12H16FNOSi/c1-9-5-6-10(13)7-11(9)12(8-14)15-16(2,3)4/h5-7,12H,1-4H3. The Morgan fingerprint density at radius 1 is 1.38 bits per heavy atom.